The highest BCUT2D eigenvalue weighted by Gasteiger charge is 2.44. The minimum absolute atomic E-state index is 0.161. The summed E-state index contributed by atoms with van der Waals surface area (Å²) in [5, 5.41) is 11.9. The van der Waals surface area contributed by atoms with Gasteiger partial charge in [0, 0.05) is 13.2 Å². The molecular formula is C13H23NO5. The minimum Gasteiger partial charge on any atom is -0.480 e. The molecule has 0 aromatic carbocycles. The largest absolute Gasteiger partial charge is 0.480 e. The Balaban J connectivity index is 2.76. The van der Waals surface area contributed by atoms with E-state index in [0.29, 0.717) is 26.1 Å². The molecule has 1 aliphatic rings. The van der Waals surface area contributed by atoms with Crippen molar-refractivity contribution in [3.05, 3.63) is 0 Å². The lowest BCUT2D eigenvalue weighted by Crippen LogP contribution is -2.59. The van der Waals surface area contributed by atoms with E-state index in [0.717, 1.165) is 0 Å². The SMILES string of the molecule is CC(C)(C)OC(=O)N[C@@](C)(C(=O)O)C1CCOCC1. The van der Waals surface area contributed by atoms with Crippen LogP contribution in [0.5, 0.6) is 0 Å². The average Bonchev–Trinajstić information content (AvgIpc) is 2.27. The smallest absolute Gasteiger partial charge is 0.408 e. The average molecular weight is 273 g/mol. The molecule has 0 unspecified atom stereocenters. The molecule has 0 radical (unpaired) electrons. The summed E-state index contributed by atoms with van der Waals surface area (Å²) in [5.41, 5.74) is -1.98. The number of amides is 1. The first-order chi connectivity index (χ1) is 8.65. The lowest BCUT2D eigenvalue weighted by atomic mass is 9.80. The zero-order valence-corrected chi connectivity index (χ0v) is 12.0. The first-order valence-corrected chi connectivity index (χ1v) is 6.47. The zero-order chi connectivity index (χ0) is 14.7. The van der Waals surface area contributed by atoms with E-state index < -0.39 is 23.2 Å². The molecule has 110 valence electrons. The molecule has 6 nitrogen and oxygen atoms in total. The molecule has 0 aromatic heterocycles. The van der Waals surface area contributed by atoms with Gasteiger partial charge in [0.2, 0.25) is 0 Å². The maximum absolute atomic E-state index is 11.8. The Hall–Kier alpha value is -1.30. The van der Waals surface area contributed by atoms with E-state index >= 15 is 0 Å². The Labute approximate surface area is 113 Å². The Morgan fingerprint density at radius 3 is 2.16 bits per heavy atom. The normalized spacial score (nSPS) is 20.4. The molecule has 0 bridgehead atoms. The summed E-state index contributed by atoms with van der Waals surface area (Å²) in [6.45, 7) is 7.76. The molecular weight excluding hydrogens is 250 g/mol. The fraction of sp³-hybridized carbons (Fsp3) is 0.846. The number of carboxylic acids is 1. The van der Waals surface area contributed by atoms with Crippen LogP contribution in [0.2, 0.25) is 0 Å². The predicted molar refractivity (Wildman–Crippen MR) is 69.0 cm³/mol. The summed E-state index contributed by atoms with van der Waals surface area (Å²) in [6, 6.07) is 0. The van der Waals surface area contributed by atoms with Crippen molar-refractivity contribution in [3.8, 4) is 0 Å². The second kappa shape index (κ2) is 5.77. The van der Waals surface area contributed by atoms with Gasteiger partial charge in [-0.25, -0.2) is 9.59 Å². The van der Waals surface area contributed by atoms with Gasteiger partial charge in [0.05, 0.1) is 0 Å². The van der Waals surface area contributed by atoms with Crippen LogP contribution >= 0.6 is 0 Å². The van der Waals surface area contributed by atoms with Gasteiger partial charge in [-0.05, 0) is 46.5 Å². The van der Waals surface area contributed by atoms with E-state index in [-0.39, 0.29) is 5.92 Å². The van der Waals surface area contributed by atoms with Gasteiger partial charge in [0.1, 0.15) is 11.1 Å². The number of ether oxygens (including phenoxy) is 2. The van der Waals surface area contributed by atoms with Gasteiger partial charge in [-0.15, -0.1) is 0 Å². The van der Waals surface area contributed by atoms with Crippen LogP contribution in [-0.4, -0.2) is 41.5 Å². The van der Waals surface area contributed by atoms with Crippen LogP contribution < -0.4 is 5.32 Å². The van der Waals surface area contributed by atoms with Crippen molar-refractivity contribution in [1.29, 1.82) is 0 Å². The minimum atomic E-state index is -1.33. The third-order valence-electron chi connectivity index (χ3n) is 3.24. The molecule has 0 aromatic rings. The number of hydrogen-bond acceptors (Lipinski definition) is 4. The summed E-state index contributed by atoms with van der Waals surface area (Å²) in [7, 11) is 0. The first kappa shape index (κ1) is 15.8. The van der Waals surface area contributed by atoms with Crippen LogP contribution in [0.1, 0.15) is 40.5 Å². The maximum atomic E-state index is 11.8. The monoisotopic (exact) mass is 273 g/mol. The summed E-state index contributed by atoms with van der Waals surface area (Å²) < 4.78 is 10.4. The Bertz CT molecular complexity index is 343. The molecule has 1 heterocycles. The van der Waals surface area contributed by atoms with Crippen molar-refractivity contribution >= 4 is 12.1 Å². The Kier molecular flexibility index (Phi) is 4.79. The lowest BCUT2D eigenvalue weighted by Gasteiger charge is -2.37. The highest BCUT2D eigenvalue weighted by atomic mass is 16.6. The molecule has 1 rings (SSSR count). The number of carboxylic acid groups (broad SMARTS) is 1. The Morgan fingerprint density at radius 2 is 1.74 bits per heavy atom. The summed E-state index contributed by atoms with van der Waals surface area (Å²) >= 11 is 0. The number of carbonyl (C=O) groups is 2. The van der Waals surface area contributed by atoms with Crippen molar-refractivity contribution in [2.24, 2.45) is 5.92 Å². The quantitative estimate of drug-likeness (QED) is 0.818. The van der Waals surface area contributed by atoms with E-state index in [1.54, 1.807) is 20.8 Å². The molecule has 19 heavy (non-hydrogen) atoms. The molecule has 1 atom stereocenters. The lowest BCUT2D eigenvalue weighted by molar-refractivity contribution is -0.148. The molecule has 0 saturated carbocycles. The van der Waals surface area contributed by atoms with Gasteiger partial charge < -0.3 is 19.9 Å². The van der Waals surface area contributed by atoms with Crippen LogP contribution in [-0.2, 0) is 14.3 Å². The fourth-order valence-corrected chi connectivity index (χ4v) is 2.12. The molecule has 0 aliphatic carbocycles. The van der Waals surface area contributed by atoms with Gasteiger partial charge >= 0.3 is 12.1 Å². The van der Waals surface area contributed by atoms with E-state index in [4.69, 9.17) is 9.47 Å². The maximum Gasteiger partial charge on any atom is 0.408 e. The number of aliphatic carboxylic acids is 1. The Morgan fingerprint density at radius 1 is 1.21 bits per heavy atom. The number of rotatable bonds is 3. The molecule has 1 amide bonds. The van der Waals surface area contributed by atoms with Gasteiger partial charge in [0.15, 0.2) is 0 Å². The molecule has 1 fully saturated rings. The molecule has 1 aliphatic heterocycles. The van der Waals surface area contributed by atoms with Gasteiger partial charge in [-0.1, -0.05) is 0 Å². The first-order valence-electron chi connectivity index (χ1n) is 6.47. The summed E-state index contributed by atoms with van der Waals surface area (Å²) in [5.74, 6) is -1.21. The second-order valence-corrected chi connectivity index (χ2v) is 6.02. The fourth-order valence-electron chi connectivity index (χ4n) is 2.12. The standard InChI is InChI=1S/C13H23NO5/c1-12(2,3)19-11(17)14-13(4,10(15)16)9-5-7-18-8-6-9/h9H,5-8H2,1-4H3,(H,14,17)(H,15,16)/t13-/m1/s1. The van der Waals surface area contributed by atoms with Crippen LogP contribution in [0.4, 0.5) is 4.79 Å². The number of hydrogen-bond donors (Lipinski definition) is 2. The highest BCUT2D eigenvalue weighted by Crippen LogP contribution is 2.28. The van der Waals surface area contributed by atoms with Gasteiger partial charge in [-0.3, -0.25) is 0 Å². The van der Waals surface area contributed by atoms with Gasteiger partial charge in [-0.2, -0.15) is 0 Å². The highest BCUT2D eigenvalue weighted by molar-refractivity contribution is 5.84. The topological polar surface area (TPSA) is 84.9 Å². The summed E-state index contributed by atoms with van der Waals surface area (Å²) in [4.78, 5) is 23.3. The van der Waals surface area contributed by atoms with Crippen molar-refractivity contribution in [1.82, 2.24) is 5.32 Å². The third-order valence-corrected chi connectivity index (χ3v) is 3.24. The van der Waals surface area contributed by atoms with Crippen molar-refractivity contribution in [2.75, 3.05) is 13.2 Å². The molecule has 0 spiro atoms. The van der Waals surface area contributed by atoms with E-state index in [1.165, 1.54) is 6.92 Å². The summed E-state index contributed by atoms with van der Waals surface area (Å²) in [6.07, 6.45) is 0.515. The van der Waals surface area contributed by atoms with Crippen LogP contribution in [0.3, 0.4) is 0 Å². The van der Waals surface area contributed by atoms with Gasteiger partial charge in [0.25, 0.3) is 0 Å². The second-order valence-electron chi connectivity index (χ2n) is 6.02. The van der Waals surface area contributed by atoms with Crippen LogP contribution in [0.25, 0.3) is 0 Å². The molecule has 6 heteroatoms. The van der Waals surface area contributed by atoms with E-state index in [1.807, 2.05) is 0 Å². The van der Waals surface area contributed by atoms with Crippen LogP contribution in [0, 0.1) is 5.92 Å². The predicted octanol–water partition coefficient (Wildman–Crippen LogP) is 1.78. The van der Waals surface area contributed by atoms with Crippen molar-refractivity contribution in [3.63, 3.8) is 0 Å². The van der Waals surface area contributed by atoms with Crippen molar-refractivity contribution in [2.45, 2.75) is 51.7 Å². The van der Waals surface area contributed by atoms with E-state index in [9.17, 15) is 14.7 Å². The van der Waals surface area contributed by atoms with E-state index in [2.05, 4.69) is 5.32 Å². The van der Waals surface area contributed by atoms with Crippen LogP contribution in [0.15, 0.2) is 0 Å². The molecule has 1 saturated heterocycles. The zero-order valence-electron chi connectivity index (χ0n) is 12.0. The molecule has 2 N–H and O–H groups in total. The third kappa shape index (κ3) is 4.38. The number of nitrogens with one attached hydrogen (secondary N) is 1. The van der Waals surface area contributed by atoms with Crippen molar-refractivity contribution < 1.29 is 24.2 Å². The number of carbonyl (C=O) groups excluding carboxylic acids is 1. The number of alkyl carbamates (subject to hydrolysis) is 1.